The summed E-state index contributed by atoms with van der Waals surface area (Å²) < 4.78 is 5.10. The lowest BCUT2D eigenvalue weighted by molar-refractivity contribution is -0.142. The van der Waals surface area contributed by atoms with Crippen LogP contribution >= 0.6 is 0 Å². The molecular formula is C13H26N2O2. The molecule has 1 rings (SSSR count). The van der Waals surface area contributed by atoms with E-state index in [1.165, 1.54) is 19.3 Å². The van der Waals surface area contributed by atoms with Gasteiger partial charge in [0.05, 0.1) is 6.61 Å². The summed E-state index contributed by atoms with van der Waals surface area (Å²) >= 11 is 0. The maximum Gasteiger partial charge on any atom is 0.248 e. The number of morpholine rings is 1. The number of nitrogens with zero attached hydrogens (tertiary/aromatic N) is 1. The van der Waals surface area contributed by atoms with Gasteiger partial charge in [0, 0.05) is 19.1 Å². The van der Waals surface area contributed by atoms with Crippen molar-refractivity contribution in [3.63, 3.8) is 0 Å². The SMILES string of the molecule is CCCNC(C)CCCCN1CCOCC1=O. The van der Waals surface area contributed by atoms with Gasteiger partial charge in [-0.2, -0.15) is 0 Å². The predicted molar refractivity (Wildman–Crippen MR) is 69.0 cm³/mol. The van der Waals surface area contributed by atoms with Crippen LogP contribution in [0.1, 0.15) is 39.5 Å². The summed E-state index contributed by atoms with van der Waals surface area (Å²) in [5.74, 6) is 0.147. The monoisotopic (exact) mass is 242 g/mol. The second kappa shape index (κ2) is 8.48. The zero-order chi connectivity index (χ0) is 12.5. The van der Waals surface area contributed by atoms with Crippen LogP contribution in [0.2, 0.25) is 0 Å². The Bertz CT molecular complexity index is 221. The zero-order valence-electron chi connectivity index (χ0n) is 11.2. The molecule has 0 spiro atoms. The summed E-state index contributed by atoms with van der Waals surface area (Å²) in [7, 11) is 0. The summed E-state index contributed by atoms with van der Waals surface area (Å²) in [5.41, 5.74) is 0. The second-order valence-electron chi connectivity index (χ2n) is 4.78. The van der Waals surface area contributed by atoms with Crippen LogP contribution in [0.15, 0.2) is 0 Å². The van der Waals surface area contributed by atoms with Gasteiger partial charge in [-0.05, 0) is 32.7 Å². The first-order valence-corrected chi connectivity index (χ1v) is 6.83. The quantitative estimate of drug-likeness (QED) is 0.654. The van der Waals surface area contributed by atoms with Gasteiger partial charge in [-0.3, -0.25) is 4.79 Å². The Morgan fingerprint density at radius 3 is 3.00 bits per heavy atom. The van der Waals surface area contributed by atoms with Crippen LogP contribution in [-0.4, -0.2) is 49.7 Å². The summed E-state index contributed by atoms with van der Waals surface area (Å²) in [6, 6.07) is 0.593. The minimum Gasteiger partial charge on any atom is -0.370 e. The molecular weight excluding hydrogens is 216 g/mol. The molecule has 0 aromatic rings. The van der Waals surface area contributed by atoms with Crippen molar-refractivity contribution in [2.75, 3.05) is 32.8 Å². The first kappa shape index (κ1) is 14.5. The third-order valence-corrected chi connectivity index (χ3v) is 3.14. The molecule has 1 amide bonds. The normalized spacial score (nSPS) is 18.5. The third-order valence-electron chi connectivity index (χ3n) is 3.14. The lowest BCUT2D eigenvalue weighted by Crippen LogP contribution is -2.42. The largest absolute Gasteiger partial charge is 0.370 e. The maximum absolute atomic E-state index is 11.5. The van der Waals surface area contributed by atoms with E-state index in [1.54, 1.807) is 0 Å². The average molecular weight is 242 g/mol. The van der Waals surface area contributed by atoms with Gasteiger partial charge in [0.1, 0.15) is 6.61 Å². The Balaban J connectivity index is 2.01. The average Bonchev–Trinajstić information content (AvgIpc) is 2.34. The number of ether oxygens (including phenoxy) is 1. The molecule has 0 aliphatic carbocycles. The van der Waals surface area contributed by atoms with Gasteiger partial charge < -0.3 is 15.0 Å². The minimum atomic E-state index is 0.147. The van der Waals surface area contributed by atoms with Crippen molar-refractivity contribution in [2.45, 2.75) is 45.6 Å². The molecule has 1 aliphatic rings. The Hall–Kier alpha value is -0.610. The van der Waals surface area contributed by atoms with Gasteiger partial charge in [-0.15, -0.1) is 0 Å². The summed E-state index contributed by atoms with van der Waals surface area (Å²) in [6.45, 7) is 8.14. The van der Waals surface area contributed by atoms with Crippen molar-refractivity contribution in [2.24, 2.45) is 0 Å². The van der Waals surface area contributed by atoms with Gasteiger partial charge in [0.15, 0.2) is 0 Å². The molecule has 1 atom stereocenters. The maximum atomic E-state index is 11.5. The predicted octanol–water partition coefficient (Wildman–Crippen LogP) is 1.40. The number of carbonyl (C=O) groups is 1. The van der Waals surface area contributed by atoms with Crippen molar-refractivity contribution in [3.8, 4) is 0 Å². The fraction of sp³-hybridized carbons (Fsp3) is 0.923. The van der Waals surface area contributed by atoms with Gasteiger partial charge in [0.25, 0.3) is 0 Å². The second-order valence-corrected chi connectivity index (χ2v) is 4.78. The first-order chi connectivity index (χ1) is 8.24. The number of hydrogen-bond acceptors (Lipinski definition) is 3. The van der Waals surface area contributed by atoms with Crippen LogP contribution in [0, 0.1) is 0 Å². The topological polar surface area (TPSA) is 41.6 Å². The highest BCUT2D eigenvalue weighted by Crippen LogP contribution is 2.05. The molecule has 0 saturated carbocycles. The molecule has 1 fully saturated rings. The number of nitrogens with one attached hydrogen (secondary N) is 1. The van der Waals surface area contributed by atoms with E-state index in [4.69, 9.17) is 4.74 Å². The van der Waals surface area contributed by atoms with Crippen LogP contribution in [0.25, 0.3) is 0 Å². The lowest BCUT2D eigenvalue weighted by Gasteiger charge is -2.26. The number of hydrogen-bond donors (Lipinski definition) is 1. The van der Waals surface area contributed by atoms with Crippen molar-refractivity contribution < 1.29 is 9.53 Å². The molecule has 1 unspecified atom stereocenters. The van der Waals surface area contributed by atoms with Crippen LogP contribution < -0.4 is 5.32 Å². The lowest BCUT2D eigenvalue weighted by atomic mass is 10.1. The smallest absolute Gasteiger partial charge is 0.248 e. The molecule has 1 N–H and O–H groups in total. The highest BCUT2D eigenvalue weighted by Gasteiger charge is 2.17. The molecule has 0 bridgehead atoms. The highest BCUT2D eigenvalue weighted by atomic mass is 16.5. The van der Waals surface area contributed by atoms with Crippen LogP contribution in [0.5, 0.6) is 0 Å². The fourth-order valence-electron chi connectivity index (χ4n) is 2.03. The Labute approximate surface area is 105 Å². The Morgan fingerprint density at radius 2 is 2.29 bits per heavy atom. The molecule has 1 aliphatic heterocycles. The van der Waals surface area contributed by atoms with Gasteiger partial charge in [0.2, 0.25) is 5.91 Å². The molecule has 0 aromatic heterocycles. The van der Waals surface area contributed by atoms with E-state index in [0.29, 0.717) is 12.6 Å². The first-order valence-electron chi connectivity index (χ1n) is 6.83. The van der Waals surface area contributed by atoms with Gasteiger partial charge >= 0.3 is 0 Å². The molecule has 0 radical (unpaired) electrons. The fourth-order valence-corrected chi connectivity index (χ4v) is 2.03. The van der Waals surface area contributed by atoms with E-state index in [2.05, 4.69) is 19.2 Å². The number of unbranched alkanes of at least 4 members (excludes halogenated alkanes) is 1. The Morgan fingerprint density at radius 1 is 1.47 bits per heavy atom. The van der Waals surface area contributed by atoms with Crippen molar-refractivity contribution in [1.29, 1.82) is 0 Å². The number of amides is 1. The van der Waals surface area contributed by atoms with Gasteiger partial charge in [-0.1, -0.05) is 13.3 Å². The molecule has 1 saturated heterocycles. The van der Waals surface area contributed by atoms with E-state index in [-0.39, 0.29) is 12.5 Å². The third kappa shape index (κ3) is 6.03. The molecule has 17 heavy (non-hydrogen) atoms. The molecule has 1 heterocycles. The zero-order valence-corrected chi connectivity index (χ0v) is 11.2. The van der Waals surface area contributed by atoms with E-state index in [1.807, 2.05) is 4.90 Å². The van der Waals surface area contributed by atoms with Crippen molar-refractivity contribution in [1.82, 2.24) is 10.2 Å². The molecule has 100 valence electrons. The van der Waals surface area contributed by atoms with E-state index in [9.17, 15) is 4.79 Å². The molecule has 4 heteroatoms. The summed E-state index contributed by atoms with van der Waals surface area (Å²) in [5, 5.41) is 3.48. The number of carbonyl (C=O) groups excluding carboxylic acids is 1. The van der Waals surface area contributed by atoms with Crippen molar-refractivity contribution in [3.05, 3.63) is 0 Å². The van der Waals surface area contributed by atoms with Crippen LogP contribution in [0.3, 0.4) is 0 Å². The highest BCUT2D eigenvalue weighted by molar-refractivity contribution is 5.77. The summed E-state index contributed by atoms with van der Waals surface area (Å²) in [4.78, 5) is 13.4. The minimum absolute atomic E-state index is 0.147. The van der Waals surface area contributed by atoms with Crippen LogP contribution in [-0.2, 0) is 9.53 Å². The van der Waals surface area contributed by atoms with E-state index in [0.717, 1.165) is 26.1 Å². The summed E-state index contributed by atoms with van der Waals surface area (Å²) in [6.07, 6.45) is 4.66. The number of rotatable bonds is 8. The van der Waals surface area contributed by atoms with Gasteiger partial charge in [-0.25, -0.2) is 0 Å². The Kier molecular flexibility index (Phi) is 7.21. The van der Waals surface area contributed by atoms with E-state index < -0.39 is 0 Å². The van der Waals surface area contributed by atoms with Crippen molar-refractivity contribution >= 4 is 5.91 Å². The van der Waals surface area contributed by atoms with Crippen LogP contribution in [0.4, 0.5) is 0 Å². The molecule has 4 nitrogen and oxygen atoms in total. The standard InChI is InChI=1S/C13H26N2O2/c1-3-7-14-12(2)6-4-5-8-15-9-10-17-11-13(15)16/h12,14H,3-11H2,1-2H3. The van der Waals surface area contributed by atoms with E-state index >= 15 is 0 Å². The molecule has 0 aromatic carbocycles.